The number of anilines is 1. The van der Waals surface area contributed by atoms with Crippen LogP contribution >= 0.6 is 11.6 Å². The molecule has 11 heteroatoms. The summed E-state index contributed by atoms with van der Waals surface area (Å²) >= 11 is 6.51. The third kappa shape index (κ3) is 5.94. The number of alkyl halides is 2. The van der Waals surface area contributed by atoms with Crippen LogP contribution in [0.2, 0.25) is 5.02 Å². The van der Waals surface area contributed by atoms with Crippen molar-refractivity contribution in [2.24, 2.45) is 5.73 Å². The Morgan fingerprint density at radius 2 is 1.81 bits per heavy atom. The number of allylic oxidation sites excluding steroid dienone is 1. The van der Waals surface area contributed by atoms with Gasteiger partial charge in [-0.05, 0) is 55.0 Å². The summed E-state index contributed by atoms with van der Waals surface area (Å²) in [6.07, 6.45) is 1.93. The van der Waals surface area contributed by atoms with Gasteiger partial charge in [0, 0.05) is 48.5 Å². The van der Waals surface area contributed by atoms with E-state index in [4.69, 9.17) is 17.3 Å². The number of aromatic nitrogens is 2. The van der Waals surface area contributed by atoms with Crippen molar-refractivity contribution in [2.75, 3.05) is 11.4 Å². The summed E-state index contributed by atoms with van der Waals surface area (Å²) in [6, 6.07) is 19.1. The minimum Gasteiger partial charge on any atom is -0.366 e. The number of rotatable bonds is 6. The summed E-state index contributed by atoms with van der Waals surface area (Å²) in [6.45, 7) is 1.59. The number of benzene rings is 3. The van der Waals surface area contributed by atoms with Gasteiger partial charge >= 0.3 is 0 Å². The highest BCUT2D eigenvalue weighted by molar-refractivity contribution is 6.34. The van der Waals surface area contributed by atoms with Crippen LogP contribution in [0.15, 0.2) is 85.1 Å². The quantitative estimate of drug-likeness (QED) is 0.297. The molecule has 1 aromatic heterocycles. The van der Waals surface area contributed by atoms with Crippen molar-refractivity contribution < 1.29 is 23.2 Å². The zero-order valence-corrected chi connectivity index (χ0v) is 23.2. The topological polar surface area (TPSA) is 110 Å². The highest BCUT2D eigenvalue weighted by Gasteiger charge is 2.41. The summed E-state index contributed by atoms with van der Waals surface area (Å²) < 4.78 is 32.7. The second-order valence-electron chi connectivity index (χ2n) is 9.83. The van der Waals surface area contributed by atoms with E-state index >= 15 is 8.78 Å². The molecule has 5 rings (SSSR count). The largest absolute Gasteiger partial charge is 0.366 e. The molecule has 8 nitrogen and oxygen atoms in total. The Hall–Kier alpha value is -4.83. The number of hydrogen-bond acceptors (Lipinski definition) is 4. The summed E-state index contributed by atoms with van der Waals surface area (Å²) in [5.74, 6) is -5.26. The van der Waals surface area contributed by atoms with Gasteiger partial charge in [-0.15, -0.1) is 0 Å². The third-order valence-corrected chi connectivity index (χ3v) is 7.24. The van der Waals surface area contributed by atoms with Gasteiger partial charge < -0.3 is 16.0 Å². The summed E-state index contributed by atoms with van der Waals surface area (Å²) in [5, 5.41) is 7.09. The van der Waals surface area contributed by atoms with Gasteiger partial charge in [-0.3, -0.25) is 14.4 Å². The molecule has 0 radical (unpaired) electrons. The van der Waals surface area contributed by atoms with E-state index < -0.39 is 35.6 Å². The van der Waals surface area contributed by atoms with Crippen molar-refractivity contribution in [3.8, 4) is 5.69 Å². The number of fused-ring (bicyclic) bond motifs is 1. The van der Waals surface area contributed by atoms with E-state index in [1.54, 1.807) is 59.4 Å². The van der Waals surface area contributed by atoms with Gasteiger partial charge in [-0.2, -0.15) is 5.10 Å². The van der Waals surface area contributed by atoms with Crippen molar-refractivity contribution in [3.63, 3.8) is 0 Å². The first-order valence-corrected chi connectivity index (χ1v) is 13.4. The smallest absolute Gasteiger partial charge is 0.275 e. The Bertz CT molecular complexity index is 1720. The van der Waals surface area contributed by atoms with Crippen molar-refractivity contribution in [1.82, 2.24) is 15.1 Å². The molecule has 1 aliphatic rings. The SMILES string of the molecule is Cc1ccn(-c2ccc(C(=O)N3CCC(F)(F)/C(=C\C(=O)NCc4ccc(C(N)=O)cc4)c4ccccc43)c(Cl)c2)n1. The molecule has 0 bridgehead atoms. The maximum atomic E-state index is 15.5. The van der Waals surface area contributed by atoms with Crippen molar-refractivity contribution >= 4 is 40.6 Å². The lowest BCUT2D eigenvalue weighted by Gasteiger charge is -2.23. The lowest BCUT2D eigenvalue weighted by molar-refractivity contribution is -0.116. The van der Waals surface area contributed by atoms with E-state index in [-0.39, 0.29) is 34.9 Å². The lowest BCUT2D eigenvalue weighted by Crippen LogP contribution is -2.33. The van der Waals surface area contributed by atoms with E-state index in [0.29, 0.717) is 16.8 Å². The fourth-order valence-corrected chi connectivity index (χ4v) is 4.97. The Labute approximate surface area is 245 Å². The maximum Gasteiger partial charge on any atom is 0.275 e. The fraction of sp³-hybridized carbons (Fsp3) is 0.161. The number of primary amides is 1. The van der Waals surface area contributed by atoms with Crippen LogP contribution in [0, 0.1) is 6.92 Å². The maximum absolute atomic E-state index is 15.5. The highest BCUT2D eigenvalue weighted by atomic mass is 35.5. The molecule has 3 N–H and O–H groups in total. The number of halogens is 3. The van der Waals surface area contributed by atoms with Gasteiger partial charge in [0.05, 0.1) is 27.7 Å². The van der Waals surface area contributed by atoms with Crippen molar-refractivity contribution in [3.05, 3.63) is 118 Å². The Morgan fingerprint density at radius 3 is 2.48 bits per heavy atom. The summed E-state index contributed by atoms with van der Waals surface area (Å²) in [5.41, 5.74) is 7.62. The molecule has 1 aliphatic heterocycles. The van der Waals surface area contributed by atoms with Crippen LogP contribution < -0.4 is 16.0 Å². The summed E-state index contributed by atoms with van der Waals surface area (Å²) in [4.78, 5) is 39.0. The average molecular weight is 590 g/mol. The van der Waals surface area contributed by atoms with Crippen molar-refractivity contribution in [2.45, 2.75) is 25.8 Å². The van der Waals surface area contributed by atoms with Crippen LogP contribution in [0.3, 0.4) is 0 Å². The minimum atomic E-state index is -3.41. The molecular formula is C31H26ClF2N5O3. The number of aryl methyl sites for hydroxylation is 1. The van der Waals surface area contributed by atoms with Crippen LogP contribution in [0.5, 0.6) is 0 Å². The first kappa shape index (κ1) is 28.7. The molecule has 0 saturated heterocycles. The molecule has 0 unspecified atom stereocenters. The number of hydrogen-bond donors (Lipinski definition) is 2. The van der Waals surface area contributed by atoms with E-state index in [2.05, 4.69) is 10.4 Å². The molecule has 0 fully saturated rings. The average Bonchev–Trinajstić information content (AvgIpc) is 3.37. The lowest BCUT2D eigenvalue weighted by atomic mass is 9.97. The van der Waals surface area contributed by atoms with Crippen LogP contribution in [0.4, 0.5) is 14.5 Å². The summed E-state index contributed by atoms with van der Waals surface area (Å²) in [7, 11) is 0. The number of amides is 3. The Morgan fingerprint density at radius 1 is 1.07 bits per heavy atom. The molecule has 214 valence electrons. The Kier molecular flexibility index (Phi) is 7.91. The van der Waals surface area contributed by atoms with Gasteiger partial charge in [0.1, 0.15) is 0 Å². The molecule has 0 spiro atoms. The van der Waals surface area contributed by atoms with E-state index in [1.807, 2.05) is 13.0 Å². The second kappa shape index (κ2) is 11.6. The molecule has 3 amide bonds. The second-order valence-corrected chi connectivity index (χ2v) is 10.2. The van der Waals surface area contributed by atoms with E-state index in [0.717, 1.165) is 11.8 Å². The third-order valence-electron chi connectivity index (χ3n) is 6.92. The van der Waals surface area contributed by atoms with Crippen LogP contribution in [-0.4, -0.2) is 40.0 Å². The predicted octanol–water partition coefficient (Wildman–Crippen LogP) is 5.32. The molecule has 42 heavy (non-hydrogen) atoms. The van der Waals surface area contributed by atoms with Gasteiger partial charge in [0.15, 0.2) is 0 Å². The van der Waals surface area contributed by atoms with Gasteiger partial charge in [0.25, 0.3) is 11.8 Å². The predicted molar refractivity (Wildman–Crippen MR) is 156 cm³/mol. The zero-order valence-electron chi connectivity index (χ0n) is 22.5. The van der Waals surface area contributed by atoms with Crippen LogP contribution in [-0.2, 0) is 11.3 Å². The number of nitrogens with zero attached hydrogens (tertiary/aromatic N) is 3. The number of carbonyl (C=O) groups excluding carboxylic acids is 3. The molecular weight excluding hydrogens is 564 g/mol. The van der Waals surface area contributed by atoms with Gasteiger partial charge in [-0.25, -0.2) is 13.5 Å². The fourth-order valence-electron chi connectivity index (χ4n) is 4.72. The molecule has 0 aliphatic carbocycles. The normalized spacial score (nSPS) is 15.1. The molecule has 4 aromatic rings. The standard InChI is InChI=1S/C31H26ClF2N5O3/c1-19-12-14-39(37-19)22-10-11-24(26(32)16-22)30(42)38-15-13-31(33,34)25(23-4-2-3-5-27(23)38)17-28(40)36-18-20-6-8-21(9-7-20)29(35)41/h2-12,14,16-17H,13,15,18H2,1H3,(H2,35,41)(H,36,40)/b25-17-. The first-order valence-electron chi connectivity index (χ1n) is 13.0. The molecule has 0 atom stereocenters. The number of carbonyl (C=O) groups is 3. The molecule has 0 saturated carbocycles. The zero-order chi connectivity index (χ0) is 30.0. The number of nitrogens with one attached hydrogen (secondary N) is 1. The molecule has 2 heterocycles. The molecule has 3 aromatic carbocycles. The van der Waals surface area contributed by atoms with E-state index in [9.17, 15) is 14.4 Å². The minimum absolute atomic E-state index is 0.0477. The van der Waals surface area contributed by atoms with E-state index in [1.165, 1.54) is 23.1 Å². The van der Waals surface area contributed by atoms with Crippen LogP contribution in [0.25, 0.3) is 11.3 Å². The Balaban J connectivity index is 1.42. The van der Waals surface area contributed by atoms with Crippen LogP contribution in [0.1, 0.15) is 44.0 Å². The first-order chi connectivity index (χ1) is 20.0. The van der Waals surface area contributed by atoms with Gasteiger partial charge in [0.2, 0.25) is 11.8 Å². The highest BCUT2D eigenvalue weighted by Crippen LogP contribution is 2.43. The van der Waals surface area contributed by atoms with Crippen molar-refractivity contribution in [1.29, 1.82) is 0 Å². The number of nitrogens with two attached hydrogens (primary N) is 1. The number of para-hydroxylation sites is 1. The monoisotopic (exact) mass is 589 g/mol. The van der Waals surface area contributed by atoms with Gasteiger partial charge in [-0.1, -0.05) is 41.9 Å².